The van der Waals surface area contributed by atoms with E-state index in [2.05, 4.69) is 31.2 Å². The van der Waals surface area contributed by atoms with Gasteiger partial charge in [0.1, 0.15) is 5.52 Å². The zero-order valence-corrected chi connectivity index (χ0v) is 14.4. The molecular formula is C16H13BrClN3O. The van der Waals surface area contributed by atoms with Crippen LogP contribution in [-0.4, -0.2) is 24.1 Å². The predicted molar refractivity (Wildman–Crippen MR) is 93.8 cm³/mol. The average Bonchev–Trinajstić information content (AvgIpc) is 2.54. The third-order valence-electron chi connectivity index (χ3n) is 3.37. The second-order valence-electron chi connectivity index (χ2n) is 4.62. The summed E-state index contributed by atoms with van der Waals surface area (Å²) in [5.41, 5.74) is 2.61. The summed E-state index contributed by atoms with van der Waals surface area (Å²) in [7, 11) is 3.40. The Morgan fingerprint density at radius 2 is 2.00 bits per heavy atom. The number of ether oxygens (including phenoxy) is 1. The van der Waals surface area contributed by atoms with Crippen LogP contribution >= 0.6 is 27.5 Å². The number of halogens is 2. The van der Waals surface area contributed by atoms with Crippen LogP contribution in [0.2, 0.25) is 5.02 Å². The van der Waals surface area contributed by atoms with Crippen molar-refractivity contribution < 1.29 is 4.74 Å². The highest BCUT2D eigenvalue weighted by molar-refractivity contribution is 9.10. The van der Waals surface area contributed by atoms with E-state index in [-0.39, 0.29) is 0 Å². The molecule has 4 nitrogen and oxygen atoms in total. The van der Waals surface area contributed by atoms with Gasteiger partial charge >= 0.3 is 0 Å². The van der Waals surface area contributed by atoms with Gasteiger partial charge in [-0.2, -0.15) is 0 Å². The molecule has 3 rings (SSSR count). The molecule has 0 saturated carbocycles. The van der Waals surface area contributed by atoms with Crippen LogP contribution in [0.15, 0.2) is 41.0 Å². The van der Waals surface area contributed by atoms with E-state index in [4.69, 9.17) is 16.3 Å². The Labute approximate surface area is 141 Å². The number of methoxy groups -OCH3 is 1. The largest absolute Gasteiger partial charge is 0.493 e. The summed E-state index contributed by atoms with van der Waals surface area (Å²) in [4.78, 5) is 8.83. The summed E-state index contributed by atoms with van der Waals surface area (Å²) in [5.74, 6) is 1.21. The number of rotatable bonds is 3. The Kier molecular flexibility index (Phi) is 4.18. The summed E-state index contributed by atoms with van der Waals surface area (Å²) in [6, 6.07) is 9.67. The lowest BCUT2D eigenvalue weighted by atomic mass is 10.0. The van der Waals surface area contributed by atoms with E-state index < -0.39 is 0 Å². The second-order valence-corrected chi connectivity index (χ2v) is 5.89. The molecule has 0 saturated heterocycles. The molecular weight excluding hydrogens is 366 g/mol. The van der Waals surface area contributed by atoms with Gasteiger partial charge in [0.2, 0.25) is 5.95 Å². The maximum absolute atomic E-state index is 6.34. The highest BCUT2D eigenvalue weighted by Gasteiger charge is 2.16. The van der Waals surface area contributed by atoms with E-state index in [1.165, 1.54) is 0 Å². The topological polar surface area (TPSA) is 47.0 Å². The van der Waals surface area contributed by atoms with Crippen molar-refractivity contribution in [2.45, 2.75) is 0 Å². The fourth-order valence-electron chi connectivity index (χ4n) is 2.35. The van der Waals surface area contributed by atoms with Gasteiger partial charge in [0.05, 0.1) is 11.6 Å². The lowest BCUT2D eigenvalue weighted by Gasteiger charge is -2.13. The summed E-state index contributed by atoms with van der Waals surface area (Å²) in [6.07, 6.45) is 1.78. The van der Waals surface area contributed by atoms with Crippen molar-refractivity contribution in [2.75, 3.05) is 19.5 Å². The third kappa shape index (κ3) is 2.51. The van der Waals surface area contributed by atoms with E-state index >= 15 is 0 Å². The standard InChI is InChI=1S/C16H13BrClN3O/c1-19-16-20-8-11-10(9-5-3-4-6-13(9)18)7-12(17)15(22-2)14(11)21-16/h3-8H,1-2H3,(H,19,20,21). The van der Waals surface area contributed by atoms with Gasteiger partial charge in [-0.15, -0.1) is 0 Å². The minimum atomic E-state index is 0.536. The van der Waals surface area contributed by atoms with Crippen molar-refractivity contribution in [3.05, 3.63) is 46.0 Å². The molecule has 3 aromatic rings. The molecule has 1 aromatic heterocycles. The number of fused-ring (bicyclic) bond motifs is 1. The van der Waals surface area contributed by atoms with Gasteiger partial charge in [-0.25, -0.2) is 9.97 Å². The Balaban J connectivity index is 2.39. The van der Waals surface area contributed by atoms with Crippen molar-refractivity contribution >= 4 is 44.4 Å². The number of benzene rings is 2. The summed E-state index contributed by atoms with van der Waals surface area (Å²) >= 11 is 9.89. The Hall–Kier alpha value is -1.85. The van der Waals surface area contributed by atoms with Crippen LogP contribution in [-0.2, 0) is 0 Å². The van der Waals surface area contributed by atoms with Gasteiger partial charge in [0, 0.05) is 29.2 Å². The van der Waals surface area contributed by atoms with Crippen LogP contribution in [0.3, 0.4) is 0 Å². The summed E-state index contributed by atoms with van der Waals surface area (Å²) in [6.45, 7) is 0. The summed E-state index contributed by atoms with van der Waals surface area (Å²) in [5, 5.41) is 4.50. The molecule has 6 heteroatoms. The second kappa shape index (κ2) is 6.10. The lowest BCUT2D eigenvalue weighted by Crippen LogP contribution is -1.99. The van der Waals surface area contributed by atoms with E-state index in [9.17, 15) is 0 Å². The molecule has 0 radical (unpaired) electrons. The van der Waals surface area contributed by atoms with E-state index in [1.807, 2.05) is 30.3 Å². The molecule has 0 bridgehead atoms. The van der Waals surface area contributed by atoms with Crippen molar-refractivity contribution in [2.24, 2.45) is 0 Å². The highest BCUT2D eigenvalue weighted by Crippen LogP contribution is 2.41. The van der Waals surface area contributed by atoms with Gasteiger partial charge < -0.3 is 10.1 Å². The fraction of sp³-hybridized carbons (Fsp3) is 0.125. The van der Waals surface area contributed by atoms with Crippen LogP contribution in [0.1, 0.15) is 0 Å². The van der Waals surface area contributed by atoms with E-state index in [0.29, 0.717) is 16.7 Å². The molecule has 112 valence electrons. The molecule has 0 aliphatic rings. The lowest BCUT2D eigenvalue weighted by molar-refractivity contribution is 0.416. The summed E-state index contributed by atoms with van der Waals surface area (Å²) < 4.78 is 6.30. The van der Waals surface area contributed by atoms with Crippen molar-refractivity contribution in [3.8, 4) is 16.9 Å². The Morgan fingerprint density at radius 1 is 1.23 bits per heavy atom. The normalized spacial score (nSPS) is 10.7. The molecule has 0 aliphatic heterocycles. The fourth-order valence-corrected chi connectivity index (χ4v) is 3.17. The van der Waals surface area contributed by atoms with Gasteiger partial charge in [0.15, 0.2) is 5.75 Å². The average molecular weight is 379 g/mol. The number of aromatic nitrogens is 2. The first-order valence-electron chi connectivity index (χ1n) is 6.61. The van der Waals surface area contributed by atoms with Crippen LogP contribution in [0, 0.1) is 0 Å². The molecule has 0 atom stereocenters. The molecule has 2 aromatic carbocycles. The highest BCUT2D eigenvalue weighted by atomic mass is 79.9. The number of nitrogens with one attached hydrogen (secondary N) is 1. The van der Waals surface area contributed by atoms with Gasteiger partial charge in [-0.1, -0.05) is 29.8 Å². The molecule has 0 unspecified atom stereocenters. The quantitative estimate of drug-likeness (QED) is 0.713. The monoisotopic (exact) mass is 377 g/mol. The van der Waals surface area contributed by atoms with Crippen LogP contribution in [0.4, 0.5) is 5.95 Å². The molecule has 1 N–H and O–H groups in total. The van der Waals surface area contributed by atoms with Crippen molar-refractivity contribution in [3.63, 3.8) is 0 Å². The smallest absolute Gasteiger partial charge is 0.223 e. The minimum absolute atomic E-state index is 0.536. The molecule has 0 spiro atoms. The zero-order chi connectivity index (χ0) is 15.7. The number of hydrogen-bond acceptors (Lipinski definition) is 4. The maximum atomic E-state index is 6.34. The number of nitrogens with zero attached hydrogens (tertiary/aromatic N) is 2. The molecule has 0 amide bonds. The van der Waals surface area contributed by atoms with Gasteiger partial charge in [0.25, 0.3) is 0 Å². The van der Waals surface area contributed by atoms with E-state index in [1.54, 1.807) is 20.4 Å². The number of hydrogen-bond donors (Lipinski definition) is 1. The zero-order valence-electron chi connectivity index (χ0n) is 12.0. The van der Waals surface area contributed by atoms with Crippen molar-refractivity contribution in [1.82, 2.24) is 9.97 Å². The molecule has 0 fully saturated rings. The predicted octanol–water partition coefficient (Wildman–Crippen LogP) is 4.76. The first-order valence-corrected chi connectivity index (χ1v) is 7.78. The first kappa shape index (κ1) is 15.1. The van der Waals surface area contributed by atoms with Gasteiger partial charge in [-0.05, 0) is 33.6 Å². The minimum Gasteiger partial charge on any atom is -0.493 e. The van der Waals surface area contributed by atoms with Gasteiger partial charge in [-0.3, -0.25) is 0 Å². The molecule has 0 aliphatic carbocycles. The van der Waals surface area contributed by atoms with E-state index in [0.717, 1.165) is 26.5 Å². The van der Waals surface area contributed by atoms with Crippen LogP contribution in [0.5, 0.6) is 5.75 Å². The molecule has 22 heavy (non-hydrogen) atoms. The third-order valence-corrected chi connectivity index (χ3v) is 4.29. The Morgan fingerprint density at radius 3 is 2.68 bits per heavy atom. The first-order chi connectivity index (χ1) is 10.7. The van der Waals surface area contributed by atoms with Crippen molar-refractivity contribution in [1.29, 1.82) is 0 Å². The Bertz CT molecular complexity index is 854. The van der Waals surface area contributed by atoms with Crippen LogP contribution in [0.25, 0.3) is 22.0 Å². The molecule has 1 heterocycles. The number of anilines is 1. The SMILES string of the molecule is CNc1ncc2c(-c3ccccc3Cl)cc(Br)c(OC)c2n1. The van der Waals surface area contributed by atoms with Crippen LogP contribution < -0.4 is 10.1 Å². The maximum Gasteiger partial charge on any atom is 0.223 e.